The van der Waals surface area contributed by atoms with Crippen molar-refractivity contribution in [3.05, 3.63) is 69.3 Å². The molecule has 0 bridgehead atoms. The maximum Gasteiger partial charge on any atom is 0.336 e. The number of carbonyl (C=O) groups is 1. The average molecular weight is 410 g/mol. The molecule has 1 aliphatic heterocycles. The van der Waals surface area contributed by atoms with Gasteiger partial charge in [-0.15, -0.1) is 11.3 Å². The van der Waals surface area contributed by atoms with E-state index in [2.05, 4.69) is 4.90 Å². The summed E-state index contributed by atoms with van der Waals surface area (Å²) in [7, 11) is 0. The van der Waals surface area contributed by atoms with Crippen LogP contribution in [0.4, 0.5) is 0 Å². The first-order valence-electron chi connectivity index (χ1n) is 8.99. The van der Waals surface area contributed by atoms with Gasteiger partial charge in [0.05, 0.1) is 27.8 Å². The summed E-state index contributed by atoms with van der Waals surface area (Å²) in [6, 6.07) is 13.2. The summed E-state index contributed by atoms with van der Waals surface area (Å²) >= 11 is 7.71. The summed E-state index contributed by atoms with van der Waals surface area (Å²) in [6.45, 7) is 2.07. The molecule has 0 saturated carbocycles. The van der Waals surface area contributed by atoms with E-state index < -0.39 is 5.97 Å². The van der Waals surface area contributed by atoms with Crippen molar-refractivity contribution in [2.75, 3.05) is 6.54 Å². The van der Waals surface area contributed by atoms with Crippen molar-refractivity contribution in [1.29, 1.82) is 0 Å². The molecule has 1 aliphatic rings. The molecular formula is C21H16ClN3O2S. The van der Waals surface area contributed by atoms with Crippen LogP contribution in [0.5, 0.6) is 0 Å². The van der Waals surface area contributed by atoms with E-state index in [1.165, 1.54) is 0 Å². The molecule has 2 aromatic carbocycles. The van der Waals surface area contributed by atoms with E-state index >= 15 is 0 Å². The second-order valence-corrected chi connectivity index (χ2v) is 8.47. The summed E-state index contributed by atoms with van der Waals surface area (Å²) in [5.41, 5.74) is 3.74. The van der Waals surface area contributed by atoms with Crippen molar-refractivity contribution in [3.8, 4) is 0 Å². The van der Waals surface area contributed by atoms with Gasteiger partial charge >= 0.3 is 5.97 Å². The lowest BCUT2D eigenvalue weighted by molar-refractivity contribution is 0.0695. The molecule has 0 radical (unpaired) electrons. The first-order chi connectivity index (χ1) is 13.6. The van der Waals surface area contributed by atoms with E-state index in [4.69, 9.17) is 21.6 Å². The highest BCUT2D eigenvalue weighted by Crippen LogP contribution is 2.30. The number of carboxylic acids is 1. The van der Waals surface area contributed by atoms with Gasteiger partial charge < -0.3 is 5.11 Å². The minimum absolute atomic E-state index is 0.376. The molecule has 0 saturated heterocycles. The highest BCUT2D eigenvalue weighted by molar-refractivity contribution is 7.18. The third kappa shape index (κ3) is 3.03. The predicted molar refractivity (Wildman–Crippen MR) is 111 cm³/mol. The van der Waals surface area contributed by atoms with E-state index in [1.807, 2.05) is 42.5 Å². The Kier molecular flexibility index (Phi) is 4.27. The fraction of sp³-hybridized carbons (Fsp3) is 0.190. The molecule has 0 aliphatic carbocycles. The molecule has 4 aromatic rings. The standard InChI is InChI=1S/C21H16ClN3O2S/c22-12-5-6-18-17(9-12)24-19(28-18)11-25-8-7-16-14(10-25)20(21(26)27)13-3-1-2-4-15(13)23-16/h1-6,9H,7-8,10-11H2,(H,26,27). The topological polar surface area (TPSA) is 66.3 Å². The van der Waals surface area contributed by atoms with Crippen molar-refractivity contribution >= 4 is 50.0 Å². The van der Waals surface area contributed by atoms with Gasteiger partial charge in [0, 0.05) is 41.2 Å². The molecule has 2 aromatic heterocycles. The number of nitrogens with zero attached hydrogens (tertiary/aromatic N) is 3. The minimum Gasteiger partial charge on any atom is -0.478 e. The number of fused-ring (bicyclic) bond motifs is 3. The van der Waals surface area contributed by atoms with Gasteiger partial charge in [-0.25, -0.2) is 9.78 Å². The van der Waals surface area contributed by atoms with Gasteiger partial charge in [0.15, 0.2) is 0 Å². The Labute approximate surface area is 170 Å². The summed E-state index contributed by atoms with van der Waals surface area (Å²) in [6.07, 6.45) is 0.733. The SMILES string of the molecule is O=C(O)c1c2c(nc3ccccc13)CCN(Cc1nc3cc(Cl)ccc3s1)C2. The van der Waals surface area contributed by atoms with Crippen LogP contribution in [0.25, 0.3) is 21.1 Å². The summed E-state index contributed by atoms with van der Waals surface area (Å²) in [4.78, 5) is 23.7. The smallest absolute Gasteiger partial charge is 0.336 e. The minimum atomic E-state index is -0.897. The summed E-state index contributed by atoms with van der Waals surface area (Å²) < 4.78 is 1.11. The Hall–Kier alpha value is -2.54. The molecule has 7 heteroatoms. The number of hydrogen-bond acceptors (Lipinski definition) is 5. The van der Waals surface area contributed by atoms with Gasteiger partial charge in [0.2, 0.25) is 0 Å². The third-order valence-electron chi connectivity index (χ3n) is 5.09. The van der Waals surface area contributed by atoms with Crippen LogP contribution in [-0.2, 0) is 19.5 Å². The van der Waals surface area contributed by atoms with E-state index in [0.29, 0.717) is 29.1 Å². The lowest BCUT2D eigenvalue weighted by atomic mass is 9.96. The monoisotopic (exact) mass is 409 g/mol. The van der Waals surface area contributed by atoms with E-state index in [1.54, 1.807) is 11.3 Å². The van der Waals surface area contributed by atoms with Crippen LogP contribution in [0.1, 0.15) is 26.6 Å². The Balaban J connectivity index is 1.50. The molecule has 0 atom stereocenters. The van der Waals surface area contributed by atoms with E-state index in [9.17, 15) is 9.90 Å². The number of aromatic carboxylic acids is 1. The molecule has 5 nitrogen and oxygen atoms in total. The van der Waals surface area contributed by atoms with Gasteiger partial charge in [0.25, 0.3) is 0 Å². The van der Waals surface area contributed by atoms with Crippen LogP contribution in [0.3, 0.4) is 0 Å². The largest absolute Gasteiger partial charge is 0.478 e. The number of aromatic nitrogens is 2. The Morgan fingerprint density at radius 2 is 2.04 bits per heavy atom. The number of halogens is 1. The van der Waals surface area contributed by atoms with Crippen LogP contribution in [-0.4, -0.2) is 32.5 Å². The summed E-state index contributed by atoms with van der Waals surface area (Å²) in [5.74, 6) is -0.897. The zero-order chi connectivity index (χ0) is 19.3. The zero-order valence-corrected chi connectivity index (χ0v) is 16.4. The average Bonchev–Trinajstić information content (AvgIpc) is 3.07. The number of pyridine rings is 1. The molecule has 0 fully saturated rings. The van der Waals surface area contributed by atoms with Gasteiger partial charge in [-0.3, -0.25) is 9.88 Å². The van der Waals surface area contributed by atoms with Crippen molar-refractivity contribution < 1.29 is 9.90 Å². The molecule has 140 valence electrons. The Morgan fingerprint density at radius 1 is 1.18 bits per heavy atom. The molecule has 0 spiro atoms. The Bertz CT molecular complexity index is 1240. The maximum absolute atomic E-state index is 12.0. The van der Waals surface area contributed by atoms with E-state index in [0.717, 1.165) is 45.0 Å². The van der Waals surface area contributed by atoms with Crippen LogP contribution >= 0.6 is 22.9 Å². The number of thiazole rings is 1. The third-order valence-corrected chi connectivity index (χ3v) is 6.35. The van der Waals surface area contributed by atoms with Crippen molar-refractivity contribution in [3.63, 3.8) is 0 Å². The van der Waals surface area contributed by atoms with Crippen molar-refractivity contribution in [2.45, 2.75) is 19.5 Å². The number of carboxylic acid groups (broad SMARTS) is 1. The highest BCUT2D eigenvalue weighted by atomic mass is 35.5. The molecule has 0 unspecified atom stereocenters. The van der Waals surface area contributed by atoms with Crippen LogP contribution in [0.2, 0.25) is 5.02 Å². The normalized spacial score (nSPS) is 14.5. The highest BCUT2D eigenvalue weighted by Gasteiger charge is 2.26. The number of para-hydroxylation sites is 1. The van der Waals surface area contributed by atoms with Crippen LogP contribution in [0, 0.1) is 0 Å². The molecule has 0 amide bonds. The van der Waals surface area contributed by atoms with E-state index in [-0.39, 0.29) is 0 Å². The number of benzene rings is 2. The molecule has 5 rings (SSSR count). The second-order valence-electron chi connectivity index (χ2n) is 6.91. The first-order valence-corrected chi connectivity index (χ1v) is 10.2. The van der Waals surface area contributed by atoms with Gasteiger partial charge in [-0.05, 0) is 24.3 Å². The summed E-state index contributed by atoms with van der Waals surface area (Å²) in [5, 5.41) is 12.3. The molecular weight excluding hydrogens is 394 g/mol. The number of rotatable bonds is 3. The predicted octanol–water partition coefficient (Wildman–Crippen LogP) is 4.75. The van der Waals surface area contributed by atoms with Crippen LogP contribution < -0.4 is 0 Å². The van der Waals surface area contributed by atoms with Gasteiger partial charge in [-0.1, -0.05) is 29.8 Å². The lowest BCUT2D eigenvalue weighted by Gasteiger charge is -2.28. The first kappa shape index (κ1) is 17.6. The van der Waals surface area contributed by atoms with Crippen molar-refractivity contribution in [2.24, 2.45) is 0 Å². The van der Waals surface area contributed by atoms with Gasteiger partial charge in [0.1, 0.15) is 5.01 Å². The van der Waals surface area contributed by atoms with Crippen molar-refractivity contribution in [1.82, 2.24) is 14.9 Å². The number of hydrogen-bond donors (Lipinski definition) is 1. The molecule has 1 N–H and O–H groups in total. The maximum atomic E-state index is 12.0. The molecule has 28 heavy (non-hydrogen) atoms. The Morgan fingerprint density at radius 3 is 2.89 bits per heavy atom. The second kappa shape index (κ2) is 6.81. The fourth-order valence-electron chi connectivity index (χ4n) is 3.83. The lowest BCUT2D eigenvalue weighted by Crippen LogP contribution is -2.32. The quantitative estimate of drug-likeness (QED) is 0.528. The zero-order valence-electron chi connectivity index (χ0n) is 14.9. The fourth-order valence-corrected chi connectivity index (χ4v) is 4.99. The van der Waals surface area contributed by atoms with Crippen LogP contribution in [0.15, 0.2) is 42.5 Å². The van der Waals surface area contributed by atoms with Gasteiger partial charge in [-0.2, -0.15) is 0 Å². The molecule has 3 heterocycles.